The Hall–Kier alpha value is -1.10. The molecular formula is C13H22N2O3. The molecule has 2 fully saturated rings. The third-order valence-corrected chi connectivity index (χ3v) is 4.12. The molecule has 0 aromatic rings. The van der Waals surface area contributed by atoms with Gasteiger partial charge in [-0.3, -0.25) is 9.59 Å². The number of aliphatic carboxylic acids is 1. The van der Waals surface area contributed by atoms with Gasteiger partial charge < -0.3 is 15.3 Å². The Balaban J connectivity index is 1.93. The summed E-state index contributed by atoms with van der Waals surface area (Å²) in [5.41, 5.74) is 0. The first kappa shape index (κ1) is 13.3. The average Bonchev–Trinajstić information content (AvgIpc) is 2.38. The molecule has 2 aliphatic heterocycles. The molecule has 5 heteroatoms. The van der Waals surface area contributed by atoms with Gasteiger partial charge in [-0.05, 0) is 39.2 Å². The number of hydrogen-bond acceptors (Lipinski definition) is 3. The Morgan fingerprint density at radius 2 is 2.06 bits per heavy atom. The van der Waals surface area contributed by atoms with Gasteiger partial charge in [0.15, 0.2) is 0 Å². The number of amides is 1. The summed E-state index contributed by atoms with van der Waals surface area (Å²) in [6.45, 7) is 3.45. The van der Waals surface area contributed by atoms with Crippen molar-refractivity contribution in [3.8, 4) is 0 Å². The minimum Gasteiger partial charge on any atom is -0.481 e. The minimum absolute atomic E-state index is 0.0380. The van der Waals surface area contributed by atoms with E-state index in [0.29, 0.717) is 19.4 Å². The molecule has 2 N–H and O–H groups in total. The number of carboxylic acids is 1. The molecule has 0 radical (unpaired) electrons. The molecule has 2 unspecified atom stereocenters. The van der Waals surface area contributed by atoms with Gasteiger partial charge in [-0.15, -0.1) is 0 Å². The smallest absolute Gasteiger partial charge is 0.306 e. The van der Waals surface area contributed by atoms with Gasteiger partial charge >= 0.3 is 5.97 Å². The van der Waals surface area contributed by atoms with Crippen LogP contribution in [0.3, 0.4) is 0 Å². The zero-order valence-electron chi connectivity index (χ0n) is 10.9. The lowest BCUT2D eigenvalue weighted by Crippen LogP contribution is -2.54. The van der Waals surface area contributed by atoms with Crippen LogP contribution in [-0.4, -0.2) is 47.1 Å². The predicted molar refractivity (Wildman–Crippen MR) is 67.2 cm³/mol. The molecule has 5 nitrogen and oxygen atoms in total. The molecule has 0 spiro atoms. The van der Waals surface area contributed by atoms with Gasteiger partial charge in [-0.2, -0.15) is 0 Å². The van der Waals surface area contributed by atoms with E-state index in [2.05, 4.69) is 5.32 Å². The Morgan fingerprint density at radius 1 is 1.28 bits per heavy atom. The average molecular weight is 254 g/mol. The molecule has 0 aromatic heterocycles. The summed E-state index contributed by atoms with van der Waals surface area (Å²) in [5.74, 6) is -0.862. The lowest BCUT2D eigenvalue weighted by atomic mass is 9.90. The summed E-state index contributed by atoms with van der Waals surface area (Å²) in [6.07, 6.45) is 4.31. The monoisotopic (exact) mass is 254 g/mol. The van der Waals surface area contributed by atoms with Gasteiger partial charge in [0.2, 0.25) is 5.91 Å². The van der Waals surface area contributed by atoms with Crippen molar-refractivity contribution in [1.82, 2.24) is 10.2 Å². The second-order valence-corrected chi connectivity index (χ2v) is 5.44. The van der Waals surface area contributed by atoms with Crippen LogP contribution in [0.15, 0.2) is 0 Å². The molecule has 2 saturated heterocycles. The number of carbonyl (C=O) groups excluding carboxylic acids is 1. The SMILES string of the molecule is CC1CC(C(=O)O)CCN1C(=O)[C@H]1CCCCN1. The molecule has 0 bridgehead atoms. The number of hydrogen-bond donors (Lipinski definition) is 2. The zero-order valence-corrected chi connectivity index (χ0v) is 10.9. The third-order valence-electron chi connectivity index (χ3n) is 4.12. The van der Waals surface area contributed by atoms with Crippen molar-refractivity contribution in [3.05, 3.63) is 0 Å². The molecule has 2 heterocycles. The van der Waals surface area contributed by atoms with E-state index in [4.69, 9.17) is 5.11 Å². The van der Waals surface area contributed by atoms with Crippen molar-refractivity contribution in [3.63, 3.8) is 0 Å². The predicted octanol–water partition coefficient (Wildman–Crippen LogP) is 0.840. The Kier molecular flexibility index (Phi) is 4.22. The number of carbonyl (C=O) groups is 2. The van der Waals surface area contributed by atoms with Crippen LogP contribution in [0.25, 0.3) is 0 Å². The second-order valence-electron chi connectivity index (χ2n) is 5.44. The normalized spacial score (nSPS) is 33.2. The van der Waals surface area contributed by atoms with Crippen molar-refractivity contribution in [2.75, 3.05) is 13.1 Å². The van der Waals surface area contributed by atoms with E-state index in [-0.39, 0.29) is 23.9 Å². The Labute approximate surface area is 108 Å². The summed E-state index contributed by atoms with van der Waals surface area (Å²) in [6, 6.07) is -0.0151. The van der Waals surface area contributed by atoms with Crippen LogP contribution in [-0.2, 0) is 9.59 Å². The highest BCUT2D eigenvalue weighted by Gasteiger charge is 2.35. The van der Waals surface area contributed by atoms with E-state index >= 15 is 0 Å². The van der Waals surface area contributed by atoms with Gasteiger partial charge in [0.05, 0.1) is 12.0 Å². The topological polar surface area (TPSA) is 69.6 Å². The van der Waals surface area contributed by atoms with Crippen LogP contribution in [0.2, 0.25) is 0 Å². The van der Waals surface area contributed by atoms with E-state index < -0.39 is 5.97 Å². The summed E-state index contributed by atoms with van der Waals surface area (Å²) in [4.78, 5) is 25.2. The number of piperidine rings is 2. The Morgan fingerprint density at radius 3 is 2.61 bits per heavy atom. The van der Waals surface area contributed by atoms with Crippen molar-refractivity contribution < 1.29 is 14.7 Å². The van der Waals surface area contributed by atoms with Gasteiger partial charge in [-0.25, -0.2) is 0 Å². The van der Waals surface area contributed by atoms with Crippen LogP contribution in [0, 0.1) is 5.92 Å². The number of likely N-dealkylation sites (tertiary alicyclic amines) is 1. The van der Waals surface area contributed by atoms with E-state index in [1.54, 1.807) is 0 Å². The largest absolute Gasteiger partial charge is 0.481 e. The van der Waals surface area contributed by atoms with Crippen LogP contribution in [0.1, 0.15) is 39.0 Å². The molecule has 0 aliphatic carbocycles. The van der Waals surface area contributed by atoms with Crippen molar-refractivity contribution in [1.29, 1.82) is 0 Å². The number of nitrogens with zero attached hydrogens (tertiary/aromatic N) is 1. The first-order valence-corrected chi connectivity index (χ1v) is 6.86. The summed E-state index contributed by atoms with van der Waals surface area (Å²) < 4.78 is 0. The Bertz CT molecular complexity index is 326. The standard InChI is InChI=1S/C13H22N2O3/c1-9-8-10(13(17)18)5-7-15(9)12(16)11-4-2-3-6-14-11/h9-11,14H,2-8H2,1H3,(H,17,18)/t9?,10?,11-/m1/s1. The summed E-state index contributed by atoms with van der Waals surface area (Å²) in [5, 5.41) is 12.3. The first-order valence-electron chi connectivity index (χ1n) is 6.86. The van der Waals surface area contributed by atoms with E-state index in [1.165, 1.54) is 0 Å². The summed E-state index contributed by atoms with van der Waals surface area (Å²) in [7, 11) is 0. The van der Waals surface area contributed by atoms with Gasteiger partial charge in [-0.1, -0.05) is 6.42 Å². The molecule has 0 saturated carbocycles. The molecule has 2 aliphatic rings. The lowest BCUT2D eigenvalue weighted by Gasteiger charge is -2.39. The van der Waals surface area contributed by atoms with Crippen molar-refractivity contribution >= 4 is 11.9 Å². The van der Waals surface area contributed by atoms with Crippen molar-refractivity contribution in [2.24, 2.45) is 5.92 Å². The third kappa shape index (κ3) is 2.83. The first-order chi connectivity index (χ1) is 8.59. The fraction of sp³-hybridized carbons (Fsp3) is 0.846. The lowest BCUT2D eigenvalue weighted by molar-refractivity contribution is -0.148. The maximum absolute atomic E-state index is 12.4. The molecule has 3 atom stereocenters. The van der Waals surface area contributed by atoms with E-state index in [9.17, 15) is 9.59 Å². The molecule has 1 amide bonds. The molecule has 0 aromatic carbocycles. The quantitative estimate of drug-likeness (QED) is 0.766. The number of rotatable bonds is 2. The molecule has 2 rings (SSSR count). The highest BCUT2D eigenvalue weighted by molar-refractivity contribution is 5.82. The van der Waals surface area contributed by atoms with Gasteiger partial charge in [0, 0.05) is 12.6 Å². The number of carboxylic acid groups (broad SMARTS) is 1. The number of nitrogens with one attached hydrogen (secondary N) is 1. The second kappa shape index (κ2) is 5.69. The summed E-state index contributed by atoms with van der Waals surface area (Å²) >= 11 is 0. The molecule has 102 valence electrons. The molecule has 18 heavy (non-hydrogen) atoms. The van der Waals surface area contributed by atoms with Crippen LogP contribution in [0.5, 0.6) is 0 Å². The molecular weight excluding hydrogens is 232 g/mol. The van der Waals surface area contributed by atoms with Gasteiger partial charge in [0.25, 0.3) is 0 Å². The highest BCUT2D eigenvalue weighted by Crippen LogP contribution is 2.24. The van der Waals surface area contributed by atoms with Crippen LogP contribution in [0.4, 0.5) is 0 Å². The van der Waals surface area contributed by atoms with Gasteiger partial charge in [0.1, 0.15) is 0 Å². The fourth-order valence-corrected chi connectivity index (χ4v) is 2.99. The maximum Gasteiger partial charge on any atom is 0.306 e. The fourth-order valence-electron chi connectivity index (χ4n) is 2.99. The maximum atomic E-state index is 12.4. The van der Waals surface area contributed by atoms with E-state index in [0.717, 1.165) is 25.8 Å². The highest BCUT2D eigenvalue weighted by atomic mass is 16.4. The van der Waals surface area contributed by atoms with Crippen LogP contribution >= 0.6 is 0 Å². The van der Waals surface area contributed by atoms with Crippen molar-refractivity contribution in [2.45, 2.75) is 51.1 Å². The van der Waals surface area contributed by atoms with E-state index in [1.807, 2.05) is 11.8 Å². The zero-order chi connectivity index (χ0) is 13.1. The van der Waals surface area contributed by atoms with Crippen LogP contribution < -0.4 is 5.32 Å². The minimum atomic E-state index is -0.732.